The van der Waals surface area contributed by atoms with Gasteiger partial charge in [0.2, 0.25) is 0 Å². The van der Waals surface area contributed by atoms with Crippen LogP contribution < -0.4 is 4.74 Å². The number of Topliss-reactive ketones (excluding diaryl/α,β-unsaturated/α-hetero) is 1. The average molecular weight is 980 g/mol. The summed E-state index contributed by atoms with van der Waals surface area (Å²) in [5.74, 6) is -4.97. The molecule has 3 fully saturated rings. The number of aromatic nitrogens is 3. The molecule has 0 bridgehead atoms. The zero-order chi connectivity index (χ0) is 51.3. The van der Waals surface area contributed by atoms with Crippen molar-refractivity contribution in [1.82, 2.24) is 19.9 Å². The van der Waals surface area contributed by atoms with Gasteiger partial charge in [0.05, 0.1) is 70.9 Å². The standard InChI is InChI=1S/C48H77N5O16/c1-13-36-48(10,60)41(56)28(4)38(54)26(2)23-46(8,59)43(29(5)40(30(6)44(58)67-36)68-37-24-47(9,63-12)42(57)31(7)66-37)69-45-39(55)35(21-27(3)65-45)51(11)18-17-32-25-52(50-49-32)19-20-64-34-16-14-15-33(22-34)53(61)62/h14-16,22,25-31,35-37,39-43,45,55-57,59-60H,13,17-21,23-24H2,1-12H3/t26-,27-,28+,29+,30-,31+,35+,36-,37+,39-,40+,41-,42+,43-,45+,46-,47-,48-/m1/s1. The van der Waals surface area contributed by atoms with E-state index < -0.39 is 125 Å². The zero-order valence-corrected chi connectivity index (χ0v) is 42.2. The van der Waals surface area contributed by atoms with Crippen molar-refractivity contribution in [2.24, 2.45) is 23.7 Å². The summed E-state index contributed by atoms with van der Waals surface area (Å²) in [4.78, 5) is 41.0. The molecule has 1 aromatic heterocycles. The summed E-state index contributed by atoms with van der Waals surface area (Å²) in [6, 6.07) is 5.42. The van der Waals surface area contributed by atoms with E-state index >= 15 is 0 Å². The number of benzene rings is 1. The van der Waals surface area contributed by atoms with Crippen LogP contribution >= 0.6 is 0 Å². The molecule has 0 amide bonds. The monoisotopic (exact) mass is 980 g/mol. The summed E-state index contributed by atoms with van der Waals surface area (Å²) in [7, 11) is 3.33. The van der Waals surface area contributed by atoms with Crippen LogP contribution in [-0.2, 0) is 51.0 Å². The van der Waals surface area contributed by atoms with E-state index in [1.165, 1.54) is 40.0 Å². The summed E-state index contributed by atoms with van der Waals surface area (Å²) >= 11 is 0. The lowest BCUT2D eigenvalue weighted by molar-refractivity contribution is -0.384. The molecule has 21 heteroatoms. The number of nitrogens with zero attached hydrogens (tertiary/aromatic N) is 5. The Morgan fingerprint density at radius 2 is 1.68 bits per heavy atom. The summed E-state index contributed by atoms with van der Waals surface area (Å²) in [5, 5.41) is 78.7. The summed E-state index contributed by atoms with van der Waals surface area (Å²) in [6.07, 6.45) is -8.58. The minimum absolute atomic E-state index is 0.0489. The second kappa shape index (κ2) is 23.2. The molecule has 0 radical (unpaired) electrons. The van der Waals surface area contributed by atoms with E-state index in [0.717, 1.165) is 0 Å². The van der Waals surface area contributed by atoms with Crippen LogP contribution in [0, 0.1) is 33.8 Å². The maximum absolute atomic E-state index is 14.3. The first-order valence-electron chi connectivity index (χ1n) is 24.1. The van der Waals surface area contributed by atoms with Crippen molar-refractivity contribution in [2.45, 2.75) is 192 Å². The third kappa shape index (κ3) is 13.2. The van der Waals surface area contributed by atoms with E-state index in [-0.39, 0.29) is 31.6 Å². The number of carbonyl (C=O) groups is 2. The molecule has 4 heterocycles. The van der Waals surface area contributed by atoms with Crippen molar-refractivity contribution in [3.8, 4) is 5.75 Å². The largest absolute Gasteiger partial charge is 0.491 e. The van der Waals surface area contributed by atoms with Crippen LogP contribution in [0.25, 0.3) is 0 Å². The number of hydrogen-bond acceptors (Lipinski definition) is 19. The number of aliphatic hydroxyl groups excluding tert-OH is 3. The molecule has 0 saturated carbocycles. The quantitative estimate of drug-likeness (QED) is 0.0975. The van der Waals surface area contributed by atoms with E-state index in [2.05, 4.69) is 10.3 Å². The van der Waals surface area contributed by atoms with Crippen LogP contribution in [0.5, 0.6) is 5.75 Å². The lowest BCUT2D eigenvalue weighted by atomic mass is 9.74. The summed E-state index contributed by atoms with van der Waals surface area (Å²) in [6.45, 7) is 17.1. The van der Waals surface area contributed by atoms with Gasteiger partial charge in [0.25, 0.3) is 5.69 Å². The first-order valence-corrected chi connectivity index (χ1v) is 24.1. The van der Waals surface area contributed by atoms with Gasteiger partial charge in [-0.1, -0.05) is 39.0 Å². The Balaban J connectivity index is 1.40. The molecule has 69 heavy (non-hydrogen) atoms. The summed E-state index contributed by atoms with van der Waals surface area (Å²) in [5.41, 5.74) is -4.43. The Bertz CT molecular complexity index is 2020. The van der Waals surface area contributed by atoms with Crippen molar-refractivity contribution in [3.05, 3.63) is 46.3 Å². The molecule has 5 N–H and O–H groups in total. The fourth-order valence-electron chi connectivity index (χ4n) is 10.3. The van der Waals surface area contributed by atoms with Crippen LogP contribution in [0.15, 0.2) is 30.5 Å². The molecule has 0 unspecified atom stereocenters. The van der Waals surface area contributed by atoms with E-state index in [1.807, 2.05) is 18.9 Å². The number of methoxy groups -OCH3 is 1. The van der Waals surface area contributed by atoms with Crippen molar-refractivity contribution in [3.63, 3.8) is 0 Å². The normalized spacial score (nSPS) is 39.7. The minimum Gasteiger partial charge on any atom is -0.491 e. The van der Waals surface area contributed by atoms with Crippen LogP contribution in [0.1, 0.15) is 101 Å². The molecule has 2 aromatic rings. The third-order valence-corrected chi connectivity index (χ3v) is 14.6. The van der Waals surface area contributed by atoms with E-state index in [9.17, 15) is 45.2 Å². The van der Waals surface area contributed by atoms with Gasteiger partial charge >= 0.3 is 5.97 Å². The first-order chi connectivity index (χ1) is 32.2. The number of nitro groups is 1. The second-order valence-electron chi connectivity index (χ2n) is 20.3. The Kier molecular flexibility index (Phi) is 18.9. The van der Waals surface area contributed by atoms with Crippen LogP contribution in [0.2, 0.25) is 0 Å². The van der Waals surface area contributed by atoms with E-state index in [0.29, 0.717) is 37.4 Å². The summed E-state index contributed by atoms with van der Waals surface area (Å²) < 4.78 is 45.0. The maximum atomic E-state index is 14.3. The van der Waals surface area contributed by atoms with E-state index in [4.69, 9.17) is 33.2 Å². The number of ketones is 1. The molecule has 1 aromatic carbocycles. The zero-order valence-electron chi connectivity index (χ0n) is 42.2. The predicted octanol–water partition coefficient (Wildman–Crippen LogP) is 2.98. The number of carbonyl (C=O) groups excluding carboxylic acids is 2. The number of nitro benzene ring substituents is 1. The molecule has 3 saturated heterocycles. The van der Waals surface area contributed by atoms with Gasteiger partial charge in [-0.2, -0.15) is 0 Å². The highest BCUT2D eigenvalue weighted by atomic mass is 16.7. The molecular formula is C48H77N5O16. The Labute approximate surface area is 404 Å². The molecule has 390 valence electrons. The van der Waals surface area contributed by atoms with Gasteiger partial charge in [0.1, 0.15) is 42.1 Å². The Hall–Kier alpha value is -3.74. The first kappa shape index (κ1) is 56.2. The lowest BCUT2D eigenvalue weighted by Gasteiger charge is -2.49. The van der Waals surface area contributed by atoms with Crippen molar-refractivity contribution < 1.29 is 73.2 Å². The maximum Gasteiger partial charge on any atom is 0.311 e. The molecule has 0 spiro atoms. The number of non-ortho nitro benzene ring substituents is 1. The molecule has 3 aliphatic rings. The van der Waals surface area contributed by atoms with Crippen LogP contribution in [-0.4, -0.2) is 174 Å². The van der Waals surface area contributed by atoms with Crippen LogP contribution in [0.3, 0.4) is 0 Å². The van der Waals surface area contributed by atoms with Crippen LogP contribution in [0.4, 0.5) is 5.69 Å². The van der Waals surface area contributed by atoms with E-state index in [1.54, 1.807) is 64.6 Å². The number of hydrogen-bond donors (Lipinski definition) is 5. The molecule has 21 nitrogen and oxygen atoms in total. The topological polar surface area (TPSA) is 277 Å². The van der Waals surface area contributed by atoms with Crippen molar-refractivity contribution in [2.75, 3.05) is 27.3 Å². The van der Waals surface area contributed by atoms with Gasteiger partial charge in [-0.3, -0.25) is 19.7 Å². The Morgan fingerprint density at radius 1 is 0.986 bits per heavy atom. The fraction of sp³-hybridized carbons (Fsp3) is 0.792. The smallest absolute Gasteiger partial charge is 0.311 e. The number of ether oxygens (including phenoxy) is 7. The predicted molar refractivity (Wildman–Crippen MR) is 248 cm³/mol. The number of cyclic esters (lactones) is 1. The minimum atomic E-state index is -2.04. The van der Waals surface area contributed by atoms with Gasteiger partial charge in [-0.05, 0) is 73.9 Å². The molecule has 0 aliphatic carbocycles. The van der Waals surface area contributed by atoms with Gasteiger partial charge in [0.15, 0.2) is 12.6 Å². The number of likely N-dealkylation sites (N-methyl/N-ethyl adjacent to an activating group) is 1. The lowest BCUT2D eigenvalue weighted by Crippen LogP contribution is -2.61. The van der Waals surface area contributed by atoms with Crippen molar-refractivity contribution in [1.29, 1.82) is 0 Å². The second-order valence-corrected chi connectivity index (χ2v) is 20.3. The molecule has 18 atom stereocenters. The van der Waals surface area contributed by atoms with Gasteiger partial charge in [-0.25, -0.2) is 4.68 Å². The van der Waals surface area contributed by atoms with Gasteiger partial charge in [0, 0.05) is 62.6 Å². The Morgan fingerprint density at radius 3 is 2.33 bits per heavy atom. The number of aliphatic hydroxyl groups is 5. The highest BCUT2D eigenvalue weighted by Gasteiger charge is 2.53. The molecule has 3 aliphatic heterocycles. The fourth-order valence-corrected chi connectivity index (χ4v) is 10.3. The van der Waals surface area contributed by atoms with Gasteiger partial charge < -0.3 is 63.6 Å². The highest BCUT2D eigenvalue weighted by molar-refractivity contribution is 5.83. The SMILES string of the molecule is CC[C@H]1OC(=O)[C@H](C)[C@@H](O[C@H]2C[C@@](C)(OC)[C@@H](O)[C@H](C)O2)[C@H](C)[C@@H](O[C@@H]2O[C@H](C)C[C@H](N(C)CCc3cn(CCOc4cccc([N+](=O)[O-])c4)nn3)[C@H]2O)[C@](C)(O)C[C@@H](C)C(=O)[C@H](C)[C@@H](O)[C@]1(C)O. The molecule has 5 rings (SSSR count). The van der Waals surface area contributed by atoms with Gasteiger partial charge in [-0.15, -0.1) is 5.10 Å². The highest BCUT2D eigenvalue weighted by Crippen LogP contribution is 2.41. The number of rotatable bonds is 15. The number of esters is 1. The van der Waals surface area contributed by atoms with Crippen molar-refractivity contribution >= 4 is 17.4 Å². The molecular weight excluding hydrogens is 903 g/mol. The third-order valence-electron chi connectivity index (χ3n) is 14.6. The average Bonchev–Trinajstić information content (AvgIpc) is 3.76.